The molecule has 1 heteroatoms. The normalized spacial score (nSPS) is 48.0. The lowest BCUT2D eigenvalue weighted by Gasteiger charge is -2.64. The molecule has 4 aliphatic rings. The summed E-state index contributed by atoms with van der Waals surface area (Å²) >= 11 is 0. The summed E-state index contributed by atoms with van der Waals surface area (Å²) in [5.41, 5.74) is 7.19. The second-order valence-electron chi connectivity index (χ2n) is 7.87. The highest BCUT2D eigenvalue weighted by Gasteiger charge is 2.57. The van der Waals surface area contributed by atoms with Crippen molar-refractivity contribution in [1.82, 2.24) is 0 Å². The summed E-state index contributed by atoms with van der Waals surface area (Å²) in [6.07, 6.45) is 11.9. The van der Waals surface area contributed by atoms with Crippen molar-refractivity contribution in [2.24, 2.45) is 34.3 Å². The van der Waals surface area contributed by atoms with Gasteiger partial charge in [-0.3, -0.25) is 0 Å². The van der Waals surface area contributed by atoms with Crippen molar-refractivity contribution in [2.45, 2.75) is 65.2 Å². The Morgan fingerprint density at radius 1 is 1.12 bits per heavy atom. The van der Waals surface area contributed by atoms with E-state index in [0.29, 0.717) is 5.41 Å². The maximum atomic E-state index is 5.75. The van der Waals surface area contributed by atoms with Gasteiger partial charge in [0.05, 0.1) is 0 Å². The molecule has 0 aromatic heterocycles. The van der Waals surface area contributed by atoms with E-state index in [1.807, 2.05) is 0 Å². The van der Waals surface area contributed by atoms with E-state index >= 15 is 0 Å². The van der Waals surface area contributed by atoms with E-state index in [9.17, 15) is 0 Å². The van der Waals surface area contributed by atoms with Gasteiger partial charge in [-0.2, -0.15) is 0 Å². The van der Waals surface area contributed by atoms with Crippen LogP contribution in [0.1, 0.15) is 65.2 Å². The number of nitrogens with two attached hydrogens (primary N) is 1. The van der Waals surface area contributed by atoms with Crippen LogP contribution in [0.25, 0.3) is 0 Å². The third-order valence-electron chi connectivity index (χ3n) is 6.36. The van der Waals surface area contributed by atoms with Crippen molar-refractivity contribution in [2.75, 3.05) is 6.54 Å². The molecule has 2 atom stereocenters. The van der Waals surface area contributed by atoms with Gasteiger partial charge in [0.25, 0.3) is 0 Å². The lowest BCUT2D eigenvalue weighted by Crippen LogP contribution is -2.53. The van der Waals surface area contributed by atoms with Gasteiger partial charge in [-0.05, 0) is 86.5 Å². The molecule has 0 spiro atoms. The van der Waals surface area contributed by atoms with Crippen LogP contribution < -0.4 is 5.73 Å². The average Bonchev–Trinajstić information content (AvgIpc) is 2.24. The first-order chi connectivity index (χ1) is 8.07. The predicted molar refractivity (Wildman–Crippen MR) is 72.7 cm³/mol. The van der Waals surface area contributed by atoms with E-state index in [-0.39, 0.29) is 0 Å². The maximum absolute atomic E-state index is 5.75. The highest BCUT2D eigenvalue weighted by atomic mass is 14.6. The summed E-state index contributed by atoms with van der Waals surface area (Å²) < 4.78 is 0. The molecule has 0 heterocycles. The van der Waals surface area contributed by atoms with Crippen LogP contribution in [0.3, 0.4) is 0 Å². The summed E-state index contributed by atoms with van der Waals surface area (Å²) in [5.74, 6) is 3.03. The van der Waals surface area contributed by atoms with E-state index < -0.39 is 0 Å². The lowest BCUT2D eigenvalue weighted by molar-refractivity contribution is -0.134. The molecule has 1 nitrogen and oxygen atoms in total. The predicted octanol–water partition coefficient (Wildman–Crippen LogP) is 3.97. The Balaban J connectivity index is 1.84. The zero-order valence-corrected chi connectivity index (χ0v) is 11.7. The van der Waals surface area contributed by atoms with Crippen LogP contribution in [0, 0.1) is 28.6 Å². The van der Waals surface area contributed by atoms with Crippen LogP contribution in [0.5, 0.6) is 0 Å². The van der Waals surface area contributed by atoms with Crippen molar-refractivity contribution >= 4 is 0 Å². The molecule has 0 radical (unpaired) electrons. The van der Waals surface area contributed by atoms with Crippen molar-refractivity contribution in [3.63, 3.8) is 0 Å². The van der Waals surface area contributed by atoms with Gasteiger partial charge < -0.3 is 5.73 Å². The standard InChI is InChI=1S/C16H29N/c1-12(2)16-9-13-6-14(10-16)8-15(7-13,11-16)4-3-5-17/h12-14H,3-11,17H2,1-2H3. The fourth-order valence-electron chi connectivity index (χ4n) is 5.97. The fourth-order valence-corrected chi connectivity index (χ4v) is 5.97. The summed E-state index contributed by atoms with van der Waals surface area (Å²) in [4.78, 5) is 0. The Morgan fingerprint density at radius 3 is 2.29 bits per heavy atom. The lowest BCUT2D eigenvalue weighted by atomic mass is 9.41. The molecule has 0 saturated heterocycles. The fraction of sp³-hybridized carbons (Fsp3) is 1.00. The number of rotatable bonds is 4. The summed E-state index contributed by atoms with van der Waals surface area (Å²) in [6.45, 7) is 5.85. The van der Waals surface area contributed by atoms with Crippen LogP contribution in [-0.4, -0.2) is 6.54 Å². The van der Waals surface area contributed by atoms with Gasteiger partial charge in [0.15, 0.2) is 0 Å². The first-order valence-corrected chi connectivity index (χ1v) is 7.78. The smallest absolute Gasteiger partial charge is 0.00771 e. The zero-order valence-electron chi connectivity index (χ0n) is 11.7. The quantitative estimate of drug-likeness (QED) is 0.784. The highest BCUT2D eigenvalue weighted by Crippen LogP contribution is 2.68. The Kier molecular flexibility index (Phi) is 2.81. The molecular weight excluding hydrogens is 206 g/mol. The van der Waals surface area contributed by atoms with E-state index in [1.54, 1.807) is 19.3 Å². The van der Waals surface area contributed by atoms with Gasteiger partial charge in [-0.1, -0.05) is 13.8 Å². The molecule has 17 heavy (non-hydrogen) atoms. The van der Waals surface area contributed by atoms with Crippen LogP contribution >= 0.6 is 0 Å². The molecular formula is C16H29N. The molecule has 0 aromatic carbocycles. The Morgan fingerprint density at radius 2 is 1.76 bits per heavy atom. The Bertz CT molecular complexity index is 280. The molecule has 98 valence electrons. The minimum Gasteiger partial charge on any atom is -0.330 e. The largest absolute Gasteiger partial charge is 0.330 e. The summed E-state index contributed by atoms with van der Waals surface area (Å²) in [5, 5.41) is 0. The number of hydrogen-bond acceptors (Lipinski definition) is 1. The van der Waals surface area contributed by atoms with Gasteiger partial charge in [0, 0.05) is 0 Å². The molecule has 4 bridgehead atoms. The minimum absolute atomic E-state index is 0.716. The first kappa shape index (κ1) is 12.0. The van der Waals surface area contributed by atoms with E-state index in [0.717, 1.165) is 29.7 Å². The van der Waals surface area contributed by atoms with Crippen molar-refractivity contribution in [3.05, 3.63) is 0 Å². The van der Waals surface area contributed by atoms with Gasteiger partial charge in [-0.25, -0.2) is 0 Å². The molecule has 4 aliphatic carbocycles. The Labute approximate surface area is 107 Å². The van der Waals surface area contributed by atoms with E-state index in [1.165, 1.54) is 32.1 Å². The van der Waals surface area contributed by atoms with Gasteiger partial charge in [-0.15, -0.1) is 0 Å². The average molecular weight is 235 g/mol. The van der Waals surface area contributed by atoms with Gasteiger partial charge in [0.1, 0.15) is 0 Å². The first-order valence-electron chi connectivity index (χ1n) is 7.78. The van der Waals surface area contributed by atoms with Crippen LogP contribution in [-0.2, 0) is 0 Å². The Hall–Kier alpha value is -0.0400. The summed E-state index contributed by atoms with van der Waals surface area (Å²) in [6, 6.07) is 0. The third kappa shape index (κ3) is 1.85. The van der Waals surface area contributed by atoms with E-state index in [4.69, 9.17) is 5.73 Å². The van der Waals surface area contributed by atoms with Gasteiger partial charge >= 0.3 is 0 Å². The van der Waals surface area contributed by atoms with Crippen molar-refractivity contribution in [1.29, 1.82) is 0 Å². The van der Waals surface area contributed by atoms with Crippen molar-refractivity contribution in [3.8, 4) is 0 Å². The molecule has 0 aromatic rings. The second-order valence-corrected chi connectivity index (χ2v) is 7.87. The topological polar surface area (TPSA) is 26.0 Å². The van der Waals surface area contributed by atoms with Crippen LogP contribution in [0.2, 0.25) is 0 Å². The zero-order chi connectivity index (χ0) is 12.1. The van der Waals surface area contributed by atoms with Gasteiger partial charge in [0.2, 0.25) is 0 Å². The molecule has 4 saturated carbocycles. The molecule has 0 amide bonds. The highest BCUT2D eigenvalue weighted by molar-refractivity contribution is 5.08. The SMILES string of the molecule is CC(C)C12CC3CC(CC(CCCN)(C3)C1)C2. The second kappa shape index (κ2) is 3.98. The minimum atomic E-state index is 0.716. The molecule has 2 unspecified atom stereocenters. The molecule has 2 N–H and O–H groups in total. The molecule has 4 rings (SSSR count). The maximum Gasteiger partial charge on any atom is -0.00771 e. The monoisotopic (exact) mass is 235 g/mol. The molecule has 0 aliphatic heterocycles. The van der Waals surface area contributed by atoms with Crippen molar-refractivity contribution < 1.29 is 0 Å². The third-order valence-corrected chi connectivity index (χ3v) is 6.36. The number of hydrogen-bond donors (Lipinski definition) is 1. The summed E-state index contributed by atoms with van der Waals surface area (Å²) in [7, 11) is 0. The molecule has 4 fully saturated rings. The van der Waals surface area contributed by atoms with E-state index in [2.05, 4.69) is 13.8 Å². The van der Waals surface area contributed by atoms with Crippen LogP contribution in [0.15, 0.2) is 0 Å². The van der Waals surface area contributed by atoms with Crippen LogP contribution in [0.4, 0.5) is 0 Å².